The van der Waals surface area contributed by atoms with E-state index in [-0.39, 0.29) is 5.15 Å². The Morgan fingerprint density at radius 2 is 2.06 bits per heavy atom. The predicted molar refractivity (Wildman–Crippen MR) is 70.6 cm³/mol. The van der Waals surface area contributed by atoms with E-state index in [1.807, 2.05) is 30.3 Å². The van der Waals surface area contributed by atoms with Gasteiger partial charge in [-0.05, 0) is 0 Å². The standard InChI is InChI=1S/C13H11ClN2O2/c1-18-12-7-11(9-5-3-2-4-6-9)16-13(14)10(12)8-15-17/h2-8,17H,1H3/b15-8+. The molecule has 4 nitrogen and oxygen atoms in total. The van der Waals surface area contributed by atoms with Crippen LogP contribution in [0.4, 0.5) is 0 Å². The molecule has 92 valence electrons. The van der Waals surface area contributed by atoms with E-state index in [0.717, 1.165) is 5.56 Å². The second-order valence-corrected chi connectivity index (χ2v) is 3.88. The molecule has 0 fully saturated rings. The largest absolute Gasteiger partial charge is 0.496 e. The fraction of sp³-hybridized carbons (Fsp3) is 0.0769. The maximum absolute atomic E-state index is 8.58. The van der Waals surface area contributed by atoms with Gasteiger partial charge in [0.05, 0.1) is 24.6 Å². The van der Waals surface area contributed by atoms with E-state index in [1.54, 1.807) is 6.07 Å². The third-order valence-corrected chi connectivity index (χ3v) is 2.74. The fourth-order valence-corrected chi connectivity index (χ4v) is 1.84. The van der Waals surface area contributed by atoms with E-state index < -0.39 is 0 Å². The lowest BCUT2D eigenvalue weighted by molar-refractivity contribution is 0.321. The van der Waals surface area contributed by atoms with Crippen LogP contribution < -0.4 is 4.74 Å². The van der Waals surface area contributed by atoms with Crippen LogP contribution in [0.3, 0.4) is 0 Å². The van der Waals surface area contributed by atoms with Gasteiger partial charge in [0, 0.05) is 11.6 Å². The molecule has 0 amide bonds. The third kappa shape index (κ3) is 2.43. The van der Waals surface area contributed by atoms with Crippen LogP contribution in [0.2, 0.25) is 5.15 Å². The van der Waals surface area contributed by atoms with E-state index in [1.165, 1.54) is 13.3 Å². The first-order valence-electron chi connectivity index (χ1n) is 5.23. The molecule has 0 radical (unpaired) electrons. The number of halogens is 1. The average Bonchev–Trinajstić information content (AvgIpc) is 2.42. The van der Waals surface area contributed by atoms with E-state index in [0.29, 0.717) is 17.0 Å². The van der Waals surface area contributed by atoms with Gasteiger partial charge in [0.25, 0.3) is 0 Å². The van der Waals surface area contributed by atoms with Crippen molar-refractivity contribution in [3.8, 4) is 17.0 Å². The Morgan fingerprint density at radius 3 is 2.67 bits per heavy atom. The first-order valence-corrected chi connectivity index (χ1v) is 5.61. The summed E-state index contributed by atoms with van der Waals surface area (Å²) >= 11 is 6.05. The minimum atomic E-state index is 0.228. The molecule has 2 aromatic rings. The number of rotatable bonds is 3. The van der Waals surface area contributed by atoms with Gasteiger partial charge < -0.3 is 9.94 Å². The van der Waals surface area contributed by atoms with Crippen molar-refractivity contribution in [2.45, 2.75) is 0 Å². The molecule has 0 unspecified atom stereocenters. The van der Waals surface area contributed by atoms with Gasteiger partial charge in [-0.15, -0.1) is 0 Å². The van der Waals surface area contributed by atoms with Crippen LogP contribution in [0.1, 0.15) is 5.56 Å². The van der Waals surface area contributed by atoms with Crippen LogP contribution in [-0.2, 0) is 0 Å². The summed E-state index contributed by atoms with van der Waals surface area (Å²) in [6.45, 7) is 0. The number of pyridine rings is 1. The molecule has 1 aromatic carbocycles. The molecule has 0 atom stereocenters. The predicted octanol–water partition coefficient (Wildman–Crippen LogP) is 3.22. The van der Waals surface area contributed by atoms with Crippen LogP contribution >= 0.6 is 11.6 Å². The minimum absolute atomic E-state index is 0.228. The second kappa shape index (κ2) is 5.51. The fourth-order valence-electron chi connectivity index (χ4n) is 1.60. The molecule has 0 aliphatic rings. The highest BCUT2D eigenvalue weighted by Crippen LogP contribution is 2.29. The van der Waals surface area contributed by atoms with Crippen molar-refractivity contribution in [3.05, 3.63) is 47.1 Å². The lowest BCUT2D eigenvalue weighted by Crippen LogP contribution is -1.96. The van der Waals surface area contributed by atoms with E-state index in [9.17, 15) is 0 Å². The van der Waals surface area contributed by atoms with Gasteiger partial charge in [0.1, 0.15) is 10.9 Å². The summed E-state index contributed by atoms with van der Waals surface area (Å²) in [4.78, 5) is 4.25. The Hall–Kier alpha value is -2.07. The zero-order chi connectivity index (χ0) is 13.0. The van der Waals surface area contributed by atoms with Crippen LogP contribution in [0.5, 0.6) is 5.75 Å². The number of hydrogen-bond acceptors (Lipinski definition) is 4. The zero-order valence-electron chi connectivity index (χ0n) is 9.67. The maximum atomic E-state index is 8.58. The summed E-state index contributed by atoms with van der Waals surface area (Å²) in [6.07, 6.45) is 1.20. The Balaban J connectivity index is 2.56. The summed E-state index contributed by atoms with van der Waals surface area (Å²) < 4.78 is 5.21. The Morgan fingerprint density at radius 1 is 1.33 bits per heavy atom. The molecule has 1 aromatic heterocycles. The molecule has 0 bridgehead atoms. The van der Waals surface area contributed by atoms with Crippen molar-refractivity contribution in [2.24, 2.45) is 5.16 Å². The second-order valence-electron chi connectivity index (χ2n) is 3.52. The third-order valence-electron chi connectivity index (χ3n) is 2.45. The molecule has 18 heavy (non-hydrogen) atoms. The molecule has 0 aliphatic heterocycles. The molecular weight excluding hydrogens is 252 g/mol. The number of ether oxygens (including phenoxy) is 1. The van der Waals surface area contributed by atoms with Crippen LogP contribution in [0, 0.1) is 0 Å². The van der Waals surface area contributed by atoms with Crippen molar-refractivity contribution in [3.63, 3.8) is 0 Å². The molecule has 0 aliphatic carbocycles. The van der Waals surface area contributed by atoms with E-state index in [2.05, 4.69) is 10.1 Å². The highest BCUT2D eigenvalue weighted by atomic mass is 35.5. The number of benzene rings is 1. The van der Waals surface area contributed by atoms with E-state index >= 15 is 0 Å². The van der Waals surface area contributed by atoms with E-state index in [4.69, 9.17) is 21.5 Å². The van der Waals surface area contributed by atoms with Crippen LogP contribution in [0.25, 0.3) is 11.3 Å². The molecule has 1 N–H and O–H groups in total. The SMILES string of the molecule is COc1cc(-c2ccccc2)nc(Cl)c1/C=N/O. The first kappa shape index (κ1) is 12.4. The smallest absolute Gasteiger partial charge is 0.142 e. The van der Waals surface area contributed by atoms with Gasteiger partial charge in [-0.3, -0.25) is 0 Å². The number of aromatic nitrogens is 1. The lowest BCUT2D eigenvalue weighted by atomic mass is 10.1. The van der Waals surface area contributed by atoms with Gasteiger partial charge >= 0.3 is 0 Å². The van der Waals surface area contributed by atoms with Gasteiger partial charge in [-0.25, -0.2) is 4.98 Å². The number of hydrogen-bond donors (Lipinski definition) is 1. The zero-order valence-corrected chi connectivity index (χ0v) is 10.4. The van der Waals surface area contributed by atoms with Crippen molar-refractivity contribution < 1.29 is 9.94 Å². The molecule has 0 saturated carbocycles. The number of methoxy groups -OCH3 is 1. The van der Waals surface area contributed by atoms with Crippen LogP contribution in [-0.4, -0.2) is 23.5 Å². The summed E-state index contributed by atoms with van der Waals surface area (Å²) in [6, 6.07) is 11.4. The summed E-state index contributed by atoms with van der Waals surface area (Å²) in [5, 5.41) is 11.8. The quantitative estimate of drug-likeness (QED) is 0.400. The Bertz CT molecular complexity index is 571. The van der Waals surface area contributed by atoms with Crippen LogP contribution in [0.15, 0.2) is 41.6 Å². The Kier molecular flexibility index (Phi) is 3.79. The highest BCUT2D eigenvalue weighted by molar-refractivity contribution is 6.32. The van der Waals surface area contributed by atoms with Crippen molar-refractivity contribution in [2.75, 3.05) is 7.11 Å². The summed E-state index contributed by atoms with van der Waals surface area (Å²) in [5.74, 6) is 0.506. The lowest BCUT2D eigenvalue weighted by Gasteiger charge is -2.09. The van der Waals surface area contributed by atoms with Gasteiger partial charge in [-0.2, -0.15) is 0 Å². The molecule has 0 spiro atoms. The van der Waals surface area contributed by atoms with Gasteiger partial charge in [-0.1, -0.05) is 47.1 Å². The molecule has 5 heteroatoms. The normalized spacial score (nSPS) is 10.8. The van der Waals surface area contributed by atoms with Crippen molar-refractivity contribution in [1.82, 2.24) is 4.98 Å². The first-order chi connectivity index (χ1) is 8.76. The average molecular weight is 263 g/mol. The molecule has 1 heterocycles. The minimum Gasteiger partial charge on any atom is -0.496 e. The van der Waals surface area contributed by atoms with Gasteiger partial charge in [0.2, 0.25) is 0 Å². The highest BCUT2D eigenvalue weighted by Gasteiger charge is 2.11. The van der Waals surface area contributed by atoms with Gasteiger partial charge in [0.15, 0.2) is 0 Å². The molecule has 0 saturated heterocycles. The summed E-state index contributed by atoms with van der Waals surface area (Å²) in [7, 11) is 1.52. The van der Waals surface area contributed by atoms with Crippen molar-refractivity contribution in [1.29, 1.82) is 0 Å². The molecule has 2 rings (SSSR count). The number of oxime groups is 1. The molecular formula is C13H11ClN2O2. The van der Waals surface area contributed by atoms with Crippen molar-refractivity contribution >= 4 is 17.8 Å². The Labute approximate surface area is 109 Å². The maximum Gasteiger partial charge on any atom is 0.142 e. The topological polar surface area (TPSA) is 54.7 Å². The monoisotopic (exact) mass is 262 g/mol. The summed E-state index contributed by atoms with van der Waals surface area (Å²) in [5.41, 5.74) is 2.08. The number of nitrogens with zero attached hydrogens (tertiary/aromatic N) is 2.